The zero-order valence-corrected chi connectivity index (χ0v) is 17.9. The van der Waals surface area contributed by atoms with E-state index >= 15 is 0 Å². The van der Waals surface area contributed by atoms with Crippen LogP contribution in [0.4, 0.5) is 0 Å². The predicted octanol–water partition coefficient (Wildman–Crippen LogP) is 5.12. The van der Waals surface area contributed by atoms with E-state index in [2.05, 4.69) is 54.5 Å². The summed E-state index contributed by atoms with van der Waals surface area (Å²) in [5.74, 6) is 3.09. The fraction of sp³-hybridized carbons (Fsp3) is 0.375. The number of aromatic amines is 1. The first-order valence-corrected chi connectivity index (χ1v) is 11.4. The molecule has 5 heteroatoms. The maximum atomic E-state index is 12.6. The molecule has 3 aromatic rings. The summed E-state index contributed by atoms with van der Waals surface area (Å²) < 4.78 is 5.39. The molecule has 4 rings (SSSR count). The van der Waals surface area contributed by atoms with Crippen molar-refractivity contribution in [1.82, 2.24) is 9.88 Å². The first-order chi connectivity index (χ1) is 14.1. The van der Waals surface area contributed by atoms with Crippen molar-refractivity contribution in [2.75, 3.05) is 26.0 Å². The molecule has 0 saturated carbocycles. The molecular formula is C24H28N2O2S. The molecule has 1 aromatic heterocycles. The second kappa shape index (κ2) is 8.95. The van der Waals surface area contributed by atoms with Gasteiger partial charge in [-0.1, -0.05) is 29.8 Å². The van der Waals surface area contributed by atoms with Gasteiger partial charge in [0.25, 0.3) is 0 Å². The van der Waals surface area contributed by atoms with Crippen LogP contribution < -0.4 is 4.74 Å². The number of aromatic nitrogens is 1. The summed E-state index contributed by atoms with van der Waals surface area (Å²) in [7, 11) is 1.70. The third-order valence-corrected chi connectivity index (χ3v) is 6.77. The number of rotatable bonds is 6. The Hall–Kier alpha value is -2.40. The van der Waals surface area contributed by atoms with Crippen LogP contribution in [-0.2, 0) is 10.5 Å². The van der Waals surface area contributed by atoms with Crippen LogP contribution in [0.1, 0.15) is 35.4 Å². The molecule has 1 saturated heterocycles. The highest BCUT2D eigenvalue weighted by Crippen LogP contribution is 2.34. The van der Waals surface area contributed by atoms with Crippen molar-refractivity contribution in [3.05, 3.63) is 65.4 Å². The Balaban J connectivity index is 1.30. The SMILES string of the molecule is COc1ccc2[nH]cc(C3CCN(C(=O)CSCc4cccc(C)c4)CC3)c2c1. The summed E-state index contributed by atoms with van der Waals surface area (Å²) in [6, 6.07) is 14.7. The van der Waals surface area contributed by atoms with Gasteiger partial charge in [-0.05, 0) is 55.0 Å². The molecule has 1 fully saturated rings. The number of benzene rings is 2. The lowest BCUT2D eigenvalue weighted by Gasteiger charge is -2.32. The van der Waals surface area contributed by atoms with E-state index in [0.29, 0.717) is 11.7 Å². The molecule has 1 aliphatic rings. The Labute approximate surface area is 176 Å². The molecule has 1 aliphatic heterocycles. The number of likely N-dealkylation sites (tertiary alicyclic amines) is 1. The molecule has 2 heterocycles. The minimum absolute atomic E-state index is 0.265. The second-order valence-corrected chi connectivity index (χ2v) is 8.78. The minimum atomic E-state index is 0.265. The highest BCUT2D eigenvalue weighted by molar-refractivity contribution is 7.99. The maximum absolute atomic E-state index is 12.6. The third-order valence-electron chi connectivity index (χ3n) is 5.79. The molecule has 0 unspecified atom stereocenters. The van der Waals surface area contributed by atoms with E-state index in [0.717, 1.165) is 43.0 Å². The van der Waals surface area contributed by atoms with Gasteiger partial charge in [0, 0.05) is 35.9 Å². The van der Waals surface area contributed by atoms with Crippen LogP contribution in [-0.4, -0.2) is 41.7 Å². The molecule has 0 aliphatic carbocycles. The van der Waals surface area contributed by atoms with Gasteiger partial charge in [0.1, 0.15) is 5.75 Å². The van der Waals surface area contributed by atoms with E-state index in [9.17, 15) is 4.79 Å². The number of methoxy groups -OCH3 is 1. The monoisotopic (exact) mass is 408 g/mol. The Bertz CT molecular complexity index is 989. The number of nitrogens with one attached hydrogen (secondary N) is 1. The molecule has 0 atom stereocenters. The standard InChI is InChI=1S/C24H28N2O2S/c1-17-4-3-5-18(12-17)15-29-16-24(27)26-10-8-19(9-11-26)22-14-25-23-7-6-20(28-2)13-21(22)23/h3-7,12-14,19,25H,8-11,15-16H2,1-2H3. The first kappa shape index (κ1) is 19.9. The highest BCUT2D eigenvalue weighted by atomic mass is 32.2. The van der Waals surface area contributed by atoms with Crippen LogP contribution >= 0.6 is 11.8 Å². The topological polar surface area (TPSA) is 45.3 Å². The van der Waals surface area contributed by atoms with E-state index in [1.54, 1.807) is 18.9 Å². The zero-order valence-electron chi connectivity index (χ0n) is 17.1. The average Bonchev–Trinajstić information content (AvgIpc) is 3.17. The molecule has 1 amide bonds. The predicted molar refractivity (Wildman–Crippen MR) is 121 cm³/mol. The van der Waals surface area contributed by atoms with Gasteiger partial charge in [-0.3, -0.25) is 4.79 Å². The van der Waals surface area contributed by atoms with Gasteiger partial charge in [-0.25, -0.2) is 0 Å². The second-order valence-electron chi connectivity index (χ2n) is 7.79. The molecule has 152 valence electrons. The summed E-state index contributed by atoms with van der Waals surface area (Å²) in [6.45, 7) is 3.78. The zero-order chi connectivity index (χ0) is 20.2. The molecule has 0 bridgehead atoms. The Morgan fingerprint density at radius 2 is 2.03 bits per heavy atom. The largest absolute Gasteiger partial charge is 0.497 e. The van der Waals surface area contributed by atoms with Crippen LogP contribution in [0, 0.1) is 6.92 Å². The minimum Gasteiger partial charge on any atom is -0.497 e. The molecule has 1 N–H and O–H groups in total. The normalized spacial score (nSPS) is 15.0. The smallest absolute Gasteiger partial charge is 0.232 e. The van der Waals surface area contributed by atoms with Crippen LogP contribution in [0.2, 0.25) is 0 Å². The van der Waals surface area contributed by atoms with E-state index in [-0.39, 0.29) is 5.91 Å². The van der Waals surface area contributed by atoms with E-state index < -0.39 is 0 Å². The van der Waals surface area contributed by atoms with Crippen LogP contribution in [0.25, 0.3) is 10.9 Å². The van der Waals surface area contributed by atoms with Gasteiger partial charge in [-0.15, -0.1) is 11.8 Å². The number of amides is 1. The number of hydrogen-bond donors (Lipinski definition) is 1. The summed E-state index contributed by atoms with van der Waals surface area (Å²) >= 11 is 1.71. The molecule has 2 aromatic carbocycles. The highest BCUT2D eigenvalue weighted by Gasteiger charge is 2.25. The van der Waals surface area contributed by atoms with Gasteiger partial charge < -0.3 is 14.6 Å². The van der Waals surface area contributed by atoms with E-state index in [1.165, 1.54) is 22.1 Å². The summed E-state index contributed by atoms with van der Waals surface area (Å²) in [5, 5.41) is 1.24. The molecule has 29 heavy (non-hydrogen) atoms. The quantitative estimate of drug-likeness (QED) is 0.615. The number of ether oxygens (including phenoxy) is 1. The van der Waals surface area contributed by atoms with Gasteiger partial charge in [0.05, 0.1) is 12.9 Å². The average molecular weight is 409 g/mol. The number of carbonyl (C=O) groups excluding carboxylic acids is 1. The van der Waals surface area contributed by atoms with Gasteiger partial charge in [0.2, 0.25) is 5.91 Å². The molecule has 0 spiro atoms. The van der Waals surface area contributed by atoms with E-state index in [4.69, 9.17) is 4.74 Å². The molecular weight excluding hydrogens is 380 g/mol. The van der Waals surface area contributed by atoms with Gasteiger partial charge >= 0.3 is 0 Å². The van der Waals surface area contributed by atoms with E-state index in [1.807, 2.05) is 11.0 Å². The summed E-state index contributed by atoms with van der Waals surface area (Å²) in [4.78, 5) is 18.0. The maximum Gasteiger partial charge on any atom is 0.232 e. The van der Waals surface area contributed by atoms with Crippen molar-refractivity contribution in [2.24, 2.45) is 0 Å². The number of fused-ring (bicyclic) bond motifs is 1. The summed E-state index contributed by atoms with van der Waals surface area (Å²) in [6.07, 6.45) is 4.15. The van der Waals surface area contributed by atoms with Crippen LogP contribution in [0.3, 0.4) is 0 Å². The number of aryl methyl sites for hydroxylation is 1. The Morgan fingerprint density at radius 3 is 2.79 bits per heavy atom. The van der Waals surface area contributed by atoms with Crippen LogP contribution in [0.15, 0.2) is 48.7 Å². The fourth-order valence-corrected chi connectivity index (χ4v) is 5.05. The van der Waals surface area contributed by atoms with Crippen LogP contribution in [0.5, 0.6) is 5.75 Å². The molecule has 0 radical (unpaired) electrons. The Morgan fingerprint density at radius 1 is 1.21 bits per heavy atom. The number of hydrogen-bond acceptors (Lipinski definition) is 3. The van der Waals surface area contributed by atoms with Gasteiger partial charge in [-0.2, -0.15) is 0 Å². The number of nitrogens with zero attached hydrogens (tertiary/aromatic N) is 1. The lowest BCUT2D eigenvalue weighted by molar-refractivity contribution is -0.129. The van der Waals surface area contributed by atoms with Crippen molar-refractivity contribution < 1.29 is 9.53 Å². The lowest BCUT2D eigenvalue weighted by Crippen LogP contribution is -2.38. The van der Waals surface area contributed by atoms with Crippen molar-refractivity contribution >= 4 is 28.6 Å². The number of carbonyl (C=O) groups is 1. The van der Waals surface area contributed by atoms with Crippen molar-refractivity contribution in [1.29, 1.82) is 0 Å². The third kappa shape index (κ3) is 4.61. The van der Waals surface area contributed by atoms with Crippen molar-refractivity contribution in [3.8, 4) is 5.75 Å². The van der Waals surface area contributed by atoms with Gasteiger partial charge in [0.15, 0.2) is 0 Å². The van der Waals surface area contributed by atoms with Crippen molar-refractivity contribution in [3.63, 3.8) is 0 Å². The number of thioether (sulfide) groups is 1. The fourth-order valence-electron chi connectivity index (χ4n) is 4.18. The van der Waals surface area contributed by atoms with Crippen molar-refractivity contribution in [2.45, 2.75) is 31.4 Å². The first-order valence-electron chi connectivity index (χ1n) is 10.2. The summed E-state index contributed by atoms with van der Waals surface area (Å²) in [5.41, 5.74) is 5.05. The number of H-pyrrole nitrogens is 1. The molecule has 4 nitrogen and oxygen atoms in total. The Kier molecular flexibility index (Phi) is 6.14. The lowest BCUT2D eigenvalue weighted by atomic mass is 9.89. The number of piperidine rings is 1.